The largest absolute Gasteiger partial charge is 0.480 e. The smallest absolute Gasteiger partial charge is 0.264 e. The highest BCUT2D eigenvalue weighted by atomic mass is 35.5. The van der Waals surface area contributed by atoms with Gasteiger partial charge in [0.2, 0.25) is 0 Å². The molecule has 0 radical (unpaired) electrons. The minimum atomic E-state index is -0.360. The molecule has 2 heterocycles. The maximum absolute atomic E-state index is 12.3. The van der Waals surface area contributed by atoms with Crippen LogP contribution in [-0.2, 0) is 11.2 Å². The van der Waals surface area contributed by atoms with Crippen molar-refractivity contribution in [1.29, 1.82) is 0 Å². The van der Waals surface area contributed by atoms with Gasteiger partial charge in [0.25, 0.3) is 5.91 Å². The van der Waals surface area contributed by atoms with Crippen molar-refractivity contribution in [3.8, 4) is 5.75 Å². The van der Waals surface area contributed by atoms with E-state index in [1.165, 1.54) is 0 Å². The van der Waals surface area contributed by atoms with Crippen molar-refractivity contribution in [3.05, 3.63) is 28.8 Å². The summed E-state index contributed by atoms with van der Waals surface area (Å²) in [5.74, 6) is 2.96. The van der Waals surface area contributed by atoms with Gasteiger partial charge >= 0.3 is 0 Å². The molecule has 96 valence electrons. The molecule has 2 aliphatic rings. The van der Waals surface area contributed by atoms with Gasteiger partial charge in [-0.2, -0.15) is 11.8 Å². The summed E-state index contributed by atoms with van der Waals surface area (Å²) in [5, 5.41) is 0.694. The van der Waals surface area contributed by atoms with Gasteiger partial charge in [0.1, 0.15) is 5.75 Å². The Hall–Kier alpha value is -0.870. The van der Waals surface area contributed by atoms with E-state index in [-0.39, 0.29) is 12.0 Å². The number of hydrogen-bond donors (Lipinski definition) is 0. The van der Waals surface area contributed by atoms with E-state index in [9.17, 15) is 4.79 Å². The van der Waals surface area contributed by atoms with Crippen molar-refractivity contribution in [2.75, 3.05) is 24.6 Å². The van der Waals surface area contributed by atoms with Crippen LogP contribution < -0.4 is 4.74 Å². The van der Waals surface area contributed by atoms with Crippen LogP contribution in [0.3, 0.4) is 0 Å². The van der Waals surface area contributed by atoms with Crippen molar-refractivity contribution in [3.63, 3.8) is 0 Å². The van der Waals surface area contributed by atoms with Crippen molar-refractivity contribution < 1.29 is 9.53 Å². The van der Waals surface area contributed by atoms with Gasteiger partial charge in [-0.25, -0.2) is 0 Å². The van der Waals surface area contributed by atoms with Gasteiger partial charge in [-0.15, -0.1) is 0 Å². The number of fused-ring (bicyclic) bond motifs is 1. The Morgan fingerprint density at radius 2 is 2.17 bits per heavy atom. The SMILES string of the molecule is O=C(C1Cc2cc(Cl)ccc2O1)N1CCSCC1. The van der Waals surface area contributed by atoms with E-state index >= 15 is 0 Å². The number of halogens is 1. The first-order chi connectivity index (χ1) is 8.74. The molecule has 1 unspecified atom stereocenters. The number of carbonyl (C=O) groups excluding carboxylic acids is 1. The molecule has 1 fully saturated rings. The van der Waals surface area contributed by atoms with E-state index in [2.05, 4.69) is 0 Å². The zero-order valence-corrected chi connectivity index (χ0v) is 11.5. The van der Waals surface area contributed by atoms with E-state index in [1.807, 2.05) is 28.8 Å². The predicted octanol–water partition coefficient (Wildman–Crippen LogP) is 2.22. The molecule has 1 saturated heterocycles. The second kappa shape index (κ2) is 5.02. The van der Waals surface area contributed by atoms with Crippen LogP contribution in [0.25, 0.3) is 0 Å². The number of rotatable bonds is 1. The van der Waals surface area contributed by atoms with Crippen LogP contribution in [-0.4, -0.2) is 41.5 Å². The minimum absolute atomic E-state index is 0.114. The van der Waals surface area contributed by atoms with Crippen molar-refractivity contribution in [1.82, 2.24) is 4.90 Å². The van der Waals surface area contributed by atoms with E-state index in [0.29, 0.717) is 11.4 Å². The summed E-state index contributed by atoms with van der Waals surface area (Å²) >= 11 is 7.84. The Bertz CT molecular complexity index is 474. The van der Waals surface area contributed by atoms with Crippen LogP contribution in [0.15, 0.2) is 18.2 Å². The molecule has 0 saturated carbocycles. The Balaban J connectivity index is 1.71. The molecule has 1 atom stereocenters. The van der Waals surface area contributed by atoms with Gasteiger partial charge in [0, 0.05) is 36.0 Å². The van der Waals surface area contributed by atoms with Gasteiger partial charge in [0.05, 0.1) is 0 Å². The van der Waals surface area contributed by atoms with Crippen LogP contribution in [0, 0.1) is 0 Å². The molecule has 0 aliphatic carbocycles. The molecule has 0 spiro atoms. The predicted molar refractivity (Wildman–Crippen MR) is 73.5 cm³/mol. The van der Waals surface area contributed by atoms with Crippen molar-refractivity contribution in [2.24, 2.45) is 0 Å². The molecule has 1 amide bonds. The zero-order valence-electron chi connectivity index (χ0n) is 9.89. The molecule has 0 aromatic heterocycles. The average Bonchev–Trinajstić information content (AvgIpc) is 2.81. The first-order valence-corrected chi connectivity index (χ1v) is 7.59. The van der Waals surface area contributed by atoms with E-state index in [0.717, 1.165) is 35.9 Å². The number of carbonyl (C=O) groups is 1. The minimum Gasteiger partial charge on any atom is -0.480 e. The van der Waals surface area contributed by atoms with Crippen LogP contribution in [0.4, 0.5) is 0 Å². The maximum Gasteiger partial charge on any atom is 0.264 e. The fraction of sp³-hybridized carbons (Fsp3) is 0.462. The highest BCUT2D eigenvalue weighted by Gasteiger charge is 2.32. The van der Waals surface area contributed by atoms with Crippen LogP contribution in [0.1, 0.15) is 5.56 Å². The summed E-state index contributed by atoms with van der Waals surface area (Å²) in [6.07, 6.45) is 0.278. The van der Waals surface area contributed by atoms with Crippen LogP contribution in [0.2, 0.25) is 5.02 Å². The molecular formula is C13H14ClNO2S. The summed E-state index contributed by atoms with van der Waals surface area (Å²) in [5.41, 5.74) is 1.03. The van der Waals surface area contributed by atoms with Crippen LogP contribution in [0.5, 0.6) is 5.75 Å². The first-order valence-electron chi connectivity index (χ1n) is 6.05. The van der Waals surface area contributed by atoms with E-state index in [1.54, 1.807) is 6.07 Å². The van der Waals surface area contributed by atoms with Gasteiger partial charge in [-0.3, -0.25) is 4.79 Å². The molecule has 3 nitrogen and oxygen atoms in total. The molecule has 2 aliphatic heterocycles. The normalized spacial score (nSPS) is 22.5. The fourth-order valence-electron chi connectivity index (χ4n) is 2.34. The summed E-state index contributed by atoms with van der Waals surface area (Å²) in [7, 11) is 0. The summed E-state index contributed by atoms with van der Waals surface area (Å²) in [4.78, 5) is 14.2. The molecule has 3 rings (SSSR count). The monoisotopic (exact) mass is 283 g/mol. The Labute approximate surface area is 115 Å². The lowest BCUT2D eigenvalue weighted by Gasteiger charge is -2.28. The van der Waals surface area contributed by atoms with Gasteiger partial charge in [0.15, 0.2) is 6.10 Å². The lowest BCUT2D eigenvalue weighted by atomic mass is 10.1. The standard InChI is InChI=1S/C13H14ClNO2S/c14-10-1-2-11-9(7-10)8-12(17-11)13(16)15-3-5-18-6-4-15/h1-2,7,12H,3-6,8H2. The van der Waals surface area contributed by atoms with Crippen LogP contribution >= 0.6 is 23.4 Å². The second-order valence-corrected chi connectivity index (χ2v) is 6.16. The third-order valence-electron chi connectivity index (χ3n) is 3.30. The second-order valence-electron chi connectivity index (χ2n) is 4.50. The lowest BCUT2D eigenvalue weighted by Crippen LogP contribution is -2.45. The van der Waals surface area contributed by atoms with Crippen molar-refractivity contribution >= 4 is 29.3 Å². The number of ether oxygens (including phenoxy) is 1. The highest BCUT2D eigenvalue weighted by molar-refractivity contribution is 7.99. The number of nitrogens with zero attached hydrogens (tertiary/aromatic N) is 1. The summed E-state index contributed by atoms with van der Waals surface area (Å²) < 4.78 is 5.72. The molecule has 5 heteroatoms. The summed E-state index contributed by atoms with van der Waals surface area (Å²) in [6, 6.07) is 5.53. The van der Waals surface area contributed by atoms with E-state index in [4.69, 9.17) is 16.3 Å². The number of benzene rings is 1. The van der Waals surface area contributed by atoms with E-state index < -0.39 is 0 Å². The van der Waals surface area contributed by atoms with Gasteiger partial charge in [-0.1, -0.05) is 11.6 Å². The highest BCUT2D eigenvalue weighted by Crippen LogP contribution is 2.31. The quantitative estimate of drug-likeness (QED) is 0.791. The third-order valence-corrected chi connectivity index (χ3v) is 4.47. The zero-order chi connectivity index (χ0) is 12.5. The molecular weight excluding hydrogens is 270 g/mol. The van der Waals surface area contributed by atoms with Gasteiger partial charge < -0.3 is 9.64 Å². The molecule has 0 bridgehead atoms. The average molecular weight is 284 g/mol. The molecule has 0 N–H and O–H groups in total. The number of hydrogen-bond acceptors (Lipinski definition) is 3. The topological polar surface area (TPSA) is 29.5 Å². The lowest BCUT2D eigenvalue weighted by molar-refractivity contribution is -0.137. The third kappa shape index (κ3) is 2.31. The molecule has 18 heavy (non-hydrogen) atoms. The van der Waals surface area contributed by atoms with Gasteiger partial charge in [-0.05, 0) is 23.8 Å². The Morgan fingerprint density at radius 1 is 1.39 bits per heavy atom. The molecule has 1 aromatic rings. The molecule has 1 aromatic carbocycles. The maximum atomic E-state index is 12.3. The number of thioether (sulfide) groups is 1. The fourth-order valence-corrected chi connectivity index (χ4v) is 3.44. The van der Waals surface area contributed by atoms with Crippen molar-refractivity contribution in [2.45, 2.75) is 12.5 Å². The Morgan fingerprint density at radius 3 is 2.94 bits per heavy atom. The Kier molecular flexibility index (Phi) is 3.39. The first kappa shape index (κ1) is 12.2. The summed E-state index contributed by atoms with van der Waals surface area (Å²) in [6.45, 7) is 1.67. The number of amides is 1.